The van der Waals surface area contributed by atoms with Crippen molar-refractivity contribution >= 4 is 11.9 Å². The summed E-state index contributed by atoms with van der Waals surface area (Å²) in [5.74, 6) is 0.163. The molecule has 1 aliphatic rings. The van der Waals surface area contributed by atoms with Crippen molar-refractivity contribution in [2.24, 2.45) is 5.73 Å². The number of urea groups is 1. The van der Waals surface area contributed by atoms with E-state index < -0.39 is 6.03 Å². The molecular formula is C19H20FN3O4. The molecule has 3 rings (SSSR count). The number of hydrogen-bond donors (Lipinski definition) is 2. The second kappa shape index (κ2) is 8.05. The fraction of sp³-hybridized carbons (Fsp3) is 0.263. The summed E-state index contributed by atoms with van der Waals surface area (Å²) in [5, 5.41) is 9.57. The van der Waals surface area contributed by atoms with Gasteiger partial charge in [0, 0.05) is 18.7 Å². The lowest BCUT2D eigenvalue weighted by molar-refractivity contribution is -0.0464. The molecule has 142 valence electrons. The summed E-state index contributed by atoms with van der Waals surface area (Å²) in [6, 6.07) is 10.3. The molecule has 3 amide bonds. The fourth-order valence-electron chi connectivity index (χ4n) is 2.92. The zero-order valence-corrected chi connectivity index (χ0v) is 14.6. The number of nitrogens with zero attached hydrogens (tertiary/aromatic N) is 2. The number of halogens is 1. The summed E-state index contributed by atoms with van der Waals surface area (Å²) in [7, 11) is 0. The Labute approximate surface area is 155 Å². The van der Waals surface area contributed by atoms with Crippen LogP contribution in [-0.4, -0.2) is 46.8 Å². The molecule has 0 spiro atoms. The van der Waals surface area contributed by atoms with Gasteiger partial charge in [-0.3, -0.25) is 10.0 Å². The van der Waals surface area contributed by atoms with Gasteiger partial charge in [-0.25, -0.2) is 14.2 Å². The number of fused-ring (bicyclic) bond motifs is 1. The highest BCUT2D eigenvalue weighted by atomic mass is 19.1. The molecule has 0 fully saturated rings. The van der Waals surface area contributed by atoms with E-state index in [4.69, 9.17) is 10.5 Å². The zero-order valence-electron chi connectivity index (χ0n) is 14.6. The highest BCUT2D eigenvalue weighted by Gasteiger charge is 2.24. The molecular weight excluding hydrogens is 353 g/mol. The number of hydrogen-bond acceptors (Lipinski definition) is 4. The van der Waals surface area contributed by atoms with Gasteiger partial charge in [-0.1, -0.05) is 12.1 Å². The zero-order chi connectivity index (χ0) is 19.4. The predicted molar refractivity (Wildman–Crippen MR) is 94.9 cm³/mol. The Balaban J connectivity index is 1.62. The van der Waals surface area contributed by atoms with Crippen LogP contribution in [-0.2, 0) is 13.0 Å². The summed E-state index contributed by atoms with van der Waals surface area (Å²) >= 11 is 0. The van der Waals surface area contributed by atoms with Crippen LogP contribution in [0, 0.1) is 5.82 Å². The smallest absolute Gasteiger partial charge is 0.338 e. The highest BCUT2D eigenvalue weighted by Crippen LogP contribution is 2.25. The van der Waals surface area contributed by atoms with Gasteiger partial charge in [0.2, 0.25) is 0 Å². The molecule has 1 heterocycles. The SMILES string of the molecule is NC(=O)N(O)CCOc1ccc2c(c1)CCN(Cc1ccc(F)cc1)C2=O. The molecule has 0 aromatic heterocycles. The van der Waals surface area contributed by atoms with Gasteiger partial charge in [-0.05, 0) is 47.9 Å². The van der Waals surface area contributed by atoms with E-state index in [9.17, 15) is 19.2 Å². The number of benzene rings is 2. The number of hydroxylamine groups is 2. The van der Waals surface area contributed by atoms with Crippen molar-refractivity contribution in [3.8, 4) is 5.75 Å². The van der Waals surface area contributed by atoms with Gasteiger partial charge in [0.1, 0.15) is 18.2 Å². The minimum absolute atomic E-state index is 0.0587. The number of rotatable bonds is 6. The molecule has 8 heteroatoms. The van der Waals surface area contributed by atoms with E-state index in [-0.39, 0.29) is 24.9 Å². The van der Waals surface area contributed by atoms with Crippen LogP contribution >= 0.6 is 0 Å². The minimum Gasteiger partial charge on any atom is -0.492 e. The molecule has 0 unspecified atom stereocenters. The number of ether oxygens (including phenoxy) is 1. The Morgan fingerprint density at radius 1 is 1.26 bits per heavy atom. The summed E-state index contributed by atoms with van der Waals surface area (Å²) < 4.78 is 18.5. The van der Waals surface area contributed by atoms with Gasteiger partial charge < -0.3 is 15.4 Å². The van der Waals surface area contributed by atoms with Crippen molar-refractivity contribution < 1.29 is 23.9 Å². The third-order valence-electron chi connectivity index (χ3n) is 4.36. The molecule has 0 atom stereocenters. The molecule has 2 aromatic carbocycles. The van der Waals surface area contributed by atoms with Crippen LogP contribution in [0.25, 0.3) is 0 Å². The topological polar surface area (TPSA) is 96.1 Å². The maximum Gasteiger partial charge on any atom is 0.338 e. The number of amides is 3. The van der Waals surface area contributed by atoms with Crippen molar-refractivity contribution in [2.75, 3.05) is 19.7 Å². The van der Waals surface area contributed by atoms with Gasteiger partial charge in [0.15, 0.2) is 0 Å². The van der Waals surface area contributed by atoms with E-state index in [1.54, 1.807) is 35.2 Å². The Morgan fingerprint density at radius 3 is 2.70 bits per heavy atom. The van der Waals surface area contributed by atoms with Gasteiger partial charge in [-0.15, -0.1) is 0 Å². The minimum atomic E-state index is -0.948. The first-order valence-electron chi connectivity index (χ1n) is 8.49. The van der Waals surface area contributed by atoms with Crippen molar-refractivity contribution in [3.63, 3.8) is 0 Å². The summed E-state index contributed by atoms with van der Waals surface area (Å²) in [6.45, 7) is 0.995. The normalized spacial score (nSPS) is 13.3. The van der Waals surface area contributed by atoms with Gasteiger partial charge >= 0.3 is 6.03 Å². The van der Waals surface area contributed by atoms with E-state index in [1.807, 2.05) is 0 Å². The maximum absolute atomic E-state index is 13.0. The molecule has 0 saturated heterocycles. The van der Waals surface area contributed by atoms with Crippen molar-refractivity contribution in [3.05, 3.63) is 65.0 Å². The second-order valence-electron chi connectivity index (χ2n) is 6.23. The average molecular weight is 373 g/mol. The molecule has 1 aliphatic heterocycles. The number of primary amides is 1. The monoisotopic (exact) mass is 373 g/mol. The lowest BCUT2D eigenvalue weighted by Gasteiger charge is -2.29. The molecule has 0 radical (unpaired) electrons. The van der Waals surface area contributed by atoms with Crippen LogP contribution in [0.5, 0.6) is 5.75 Å². The van der Waals surface area contributed by atoms with Crippen molar-refractivity contribution in [1.29, 1.82) is 0 Å². The van der Waals surface area contributed by atoms with Crippen molar-refractivity contribution in [2.45, 2.75) is 13.0 Å². The van der Waals surface area contributed by atoms with Crippen LogP contribution in [0.2, 0.25) is 0 Å². The van der Waals surface area contributed by atoms with Crippen molar-refractivity contribution in [1.82, 2.24) is 9.96 Å². The van der Waals surface area contributed by atoms with Crippen LogP contribution < -0.4 is 10.5 Å². The maximum atomic E-state index is 13.0. The summed E-state index contributed by atoms with van der Waals surface area (Å²) in [5.41, 5.74) is 7.28. The molecule has 7 nitrogen and oxygen atoms in total. The lowest BCUT2D eigenvalue weighted by atomic mass is 9.98. The Bertz CT molecular complexity index is 841. The first kappa shape index (κ1) is 18.7. The fourth-order valence-corrected chi connectivity index (χ4v) is 2.92. The standard InChI is InChI=1S/C19H20FN3O4/c20-15-3-1-13(2-4-15)12-22-8-7-14-11-16(5-6-17(14)18(22)24)27-10-9-23(26)19(21)25/h1-6,11,26H,7-10,12H2,(H2,21,25). The molecule has 27 heavy (non-hydrogen) atoms. The first-order valence-corrected chi connectivity index (χ1v) is 8.49. The molecule has 0 saturated carbocycles. The van der Waals surface area contributed by atoms with Crippen LogP contribution in [0.15, 0.2) is 42.5 Å². The lowest BCUT2D eigenvalue weighted by Crippen LogP contribution is -2.37. The number of carbonyl (C=O) groups excluding carboxylic acids is 2. The third kappa shape index (κ3) is 4.53. The Kier molecular flexibility index (Phi) is 5.56. The number of carbonyl (C=O) groups is 2. The quantitative estimate of drug-likeness (QED) is 0.599. The average Bonchev–Trinajstić information content (AvgIpc) is 2.65. The Hall–Kier alpha value is -3.13. The van der Waals surface area contributed by atoms with E-state index in [1.165, 1.54) is 12.1 Å². The molecule has 2 aromatic rings. The van der Waals surface area contributed by atoms with E-state index in [2.05, 4.69) is 0 Å². The van der Waals surface area contributed by atoms with E-state index >= 15 is 0 Å². The third-order valence-corrected chi connectivity index (χ3v) is 4.36. The molecule has 0 aliphatic carbocycles. The number of nitrogens with two attached hydrogens (primary N) is 1. The highest BCUT2D eigenvalue weighted by molar-refractivity contribution is 5.96. The molecule has 0 bridgehead atoms. The van der Waals surface area contributed by atoms with E-state index in [0.29, 0.717) is 35.9 Å². The van der Waals surface area contributed by atoms with Gasteiger partial charge in [-0.2, -0.15) is 0 Å². The van der Waals surface area contributed by atoms with Gasteiger partial charge in [0.25, 0.3) is 5.91 Å². The summed E-state index contributed by atoms with van der Waals surface area (Å²) in [6.07, 6.45) is 0.673. The largest absolute Gasteiger partial charge is 0.492 e. The summed E-state index contributed by atoms with van der Waals surface area (Å²) in [4.78, 5) is 25.2. The second-order valence-corrected chi connectivity index (χ2v) is 6.23. The van der Waals surface area contributed by atoms with Gasteiger partial charge in [0.05, 0.1) is 6.54 Å². The molecule has 3 N–H and O–H groups in total. The van der Waals surface area contributed by atoms with E-state index in [0.717, 1.165) is 11.1 Å². The Morgan fingerprint density at radius 2 is 2.00 bits per heavy atom. The first-order chi connectivity index (χ1) is 12.9. The van der Waals surface area contributed by atoms with Crippen LogP contribution in [0.1, 0.15) is 21.5 Å². The van der Waals surface area contributed by atoms with Crippen LogP contribution in [0.3, 0.4) is 0 Å². The van der Waals surface area contributed by atoms with Crippen LogP contribution in [0.4, 0.5) is 9.18 Å². The predicted octanol–water partition coefficient (Wildman–Crippen LogP) is 2.17.